The van der Waals surface area contributed by atoms with E-state index in [1.54, 1.807) is 6.20 Å². The number of rotatable bonds is 6. The predicted octanol–water partition coefficient (Wildman–Crippen LogP) is 5.25. The first-order valence-electron chi connectivity index (χ1n) is 15.8. The molecule has 4 atom stereocenters. The van der Waals surface area contributed by atoms with Crippen LogP contribution < -0.4 is 9.64 Å². The SMILES string of the molecule is C=CC(=O)N1CC[C@H]2[C@H]1CN2c1c(F)c(-c2cccc3c2CCCC3)cc2nc(OC[C@@]34CCCN3C[C@H](F)C4)ncc12. The van der Waals surface area contributed by atoms with Gasteiger partial charge < -0.3 is 14.5 Å². The number of amides is 1. The molecule has 5 aliphatic rings. The molecule has 8 rings (SSSR count). The van der Waals surface area contributed by atoms with Crippen LogP contribution in [0.5, 0.6) is 6.01 Å². The minimum Gasteiger partial charge on any atom is -0.461 e. The Balaban J connectivity index is 1.19. The number of hydrogen-bond donors (Lipinski definition) is 0. The Morgan fingerprint density at radius 2 is 2.02 bits per heavy atom. The number of aryl methyl sites for hydroxylation is 1. The predicted molar refractivity (Wildman–Crippen MR) is 162 cm³/mol. The number of carbonyl (C=O) groups excluding carboxylic acids is 1. The number of halogens is 2. The fourth-order valence-electron chi connectivity index (χ4n) is 8.61. The largest absolute Gasteiger partial charge is 0.461 e. The van der Waals surface area contributed by atoms with Crippen molar-refractivity contribution in [3.05, 3.63) is 60.1 Å². The molecule has 4 saturated heterocycles. The maximum absolute atomic E-state index is 16.9. The van der Waals surface area contributed by atoms with Crippen LogP contribution in [-0.2, 0) is 17.6 Å². The summed E-state index contributed by atoms with van der Waals surface area (Å²) in [7, 11) is 0. The molecule has 4 fully saturated rings. The fourth-order valence-corrected chi connectivity index (χ4v) is 8.61. The molecular weight excluding hydrogens is 548 g/mol. The van der Waals surface area contributed by atoms with E-state index in [0.29, 0.717) is 54.8 Å². The third-order valence-electron chi connectivity index (χ3n) is 10.7. The van der Waals surface area contributed by atoms with Crippen LogP contribution in [0.4, 0.5) is 14.5 Å². The van der Waals surface area contributed by atoms with Crippen LogP contribution in [0.25, 0.3) is 22.0 Å². The number of benzene rings is 2. The summed E-state index contributed by atoms with van der Waals surface area (Å²) < 4.78 is 37.4. The summed E-state index contributed by atoms with van der Waals surface area (Å²) in [5.41, 5.74) is 4.80. The smallest absolute Gasteiger partial charge is 0.316 e. The first-order chi connectivity index (χ1) is 21.0. The molecule has 3 aromatic rings. The van der Waals surface area contributed by atoms with Crippen molar-refractivity contribution in [2.75, 3.05) is 37.7 Å². The van der Waals surface area contributed by atoms with Crippen molar-refractivity contribution in [2.24, 2.45) is 0 Å². The number of ether oxygens (including phenoxy) is 1. The summed E-state index contributed by atoms with van der Waals surface area (Å²) in [6, 6.07) is 8.36. The van der Waals surface area contributed by atoms with Gasteiger partial charge in [-0.05, 0) is 80.3 Å². The van der Waals surface area contributed by atoms with Crippen molar-refractivity contribution in [1.82, 2.24) is 19.8 Å². The summed E-state index contributed by atoms with van der Waals surface area (Å²) in [4.78, 5) is 28.0. The van der Waals surface area contributed by atoms with Gasteiger partial charge in [-0.1, -0.05) is 24.8 Å². The van der Waals surface area contributed by atoms with Gasteiger partial charge in [0, 0.05) is 43.2 Å². The van der Waals surface area contributed by atoms with Crippen LogP contribution in [0.2, 0.25) is 0 Å². The molecule has 7 nitrogen and oxygen atoms in total. The number of hydrogen-bond acceptors (Lipinski definition) is 6. The zero-order valence-corrected chi connectivity index (χ0v) is 24.4. The van der Waals surface area contributed by atoms with Crippen molar-refractivity contribution in [1.29, 1.82) is 0 Å². The van der Waals surface area contributed by atoms with Crippen molar-refractivity contribution in [3.63, 3.8) is 0 Å². The second-order valence-electron chi connectivity index (χ2n) is 13.0. The molecule has 0 unspecified atom stereocenters. The molecule has 0 N–H and O–H groups in total. The second-order valence-corrected chi connectivity index (χ2v) is 13.0. The third kappa shape index (κ3) is 4.25. The average molecular weight is 586 g/mol. The highest BCUT2D eigenvalue weighted by molar-refractivity contribution is 5.97. The quantitative estimate of drug-likeness (QED) is 0.369. The van der Waals surface area contributed by atoms with Crippen molar-refractivity contribution >= 4 is 22.5 Å². The molecule has 224 valence electrons. The van der Waals surface area contributed by atoms with Gasteiger partial charge in [-0.15, -0.1) is 0 Å². The molecule has 1 amide bonds. The van der Waals surface area contributed by atoms with Crippen molar-refractivity contribution < 1.29 is 18.3 Å². The van der Waals surface area contributed by atoms with Crippen LogP contribution in [0.3, 0.4) is 0 Å². The van der Waals surface area contributed by atoms with Crippen molar-refractivity contribution in [2.45, 2.75) is 75.2 Å². The Morgan fingerprint density at radius 3 is 2.91 bits per heavy atom. The van der Waals surface area contributed by atoms with Gasteiger partial charge in [0.15, 0.2) is 5.82 Å². The Kier molecular flexibility index (Phi) is 6.44. The summed E-state index contributed by atoms with van der Waals surface area (Å²) in [6.45, 7) is 6.54. The maximum atomic E-state index is 16.9. The van der Waals surface area contributed by atoms with Gasteiger partial charge >= 0.3 is 6.01 Å². The van der Waals surface area contributed by atoms with Gasteiger partial charge in [-0.3, -0.25) is 9.69 Å². The second kappa shape index (κ2) is 10.3. The standard InChI is InChI=1S/C34H37F2N5O2/c1-2-30(42)40-14-11-28-29(40)19-41(28)32-26-17-37-33(43-20-34-12-6-13-39(34)18-22(35)16-34)38-27(26)15-25(31(32)36)24-10-5-8-21-7-3-4-9-23(21)24/h2,5,8,10,15,17,22,28-29H,1,3-4,6-7,9,11-14,16,18-20H2/t22-,28+,29-,34+/m1/s1. The fraction of sp³-hybridized carbons (Fsp3) is 0.500. The van der Waals surface area contributed by atoms with Crippen LogP contribution in [-0.4, -0.2) is 82.3 Å². The summed E-state index contributed by atoms with van der Waals surface area (Å²) in [5, 5.41) is 0.635. The number of anilines is 1. The minimum absolute atomic E-state index is 0.0286. The summed E-state index contributed by atoms with van der Waals surface area (Å²) in [6.07, 6.45) is 9.56. The van der Waals surface area contributed by atoms with Gasteiger partial charge in [0.25, 0.3) is 0 Å². The number of likely N-dealkylation sites (tertiary alicyclic amines) is 1. The van der Waals surface area contributed by atoms with Crippen LogP contribution in [0.1, 0.15) is 49.7 Å². The van der Waals surface area contributed by atoms with E-state index in [4.69, 9.17) is 9.72 Å². The van der Waals surface area contributed by atoms with Gasteiger partial charge in [0.2, 0.25) is 5.91 Å². The average Bonchev–Trinajstić information content (AvgIpc) is 3.65. The zero-order chi connectivity index (χ0) is 29.3. The molecule has 9 heteroatoms. The summed E-state index contributed by atoms with van der Waals surface area (Å²) >= 11 is 0. The molecule has 43 heavy (non-hydrogen) atoms. The van der Waals surface area contributed by atoms with Gasteiger partial charge in [0.05, 0.1) is 28.8 Å². The number of aromatic nitrogens is 2. The monoisotopic (exact) mass is 585 g/mol. The topological polar surface area (TPSA) is 61.8 Å². The van der Waals surface area contributed by atoms with E-state index >= 15 is 4.39 Å². The van der Waals surface area contributed by atoms with Crippen LogP contribution in [0.15, 0.2) is 43.1 Å². The lowest BCUT2D eigenvalue weighted by atomic mass is 9.85. The Bertz CT molecular complexity index is 1630. The van der Waals surface area contributed by atoms with E-state index in [0.717, 1.165) is 57.1 Å². The molecule has 4 aliphatic heterocycles. The number of fused-ring (bicyclic) bond motifs is 4. The van der Waals surface area contributed by atoms with Gasteiger partial charge in [0.1, 0.15) is 12.8 Å². The first-order valence-corrected chi connectivity index (χ1v) is 15.8. The van der Waals surface area contributed by atoms with E-state index in [2.05, 4.69) is 27.4 Å². The molecule has 1 aromatic heterocycles. The Labute approximate surface area is 250 Å². The lowest BCUT2D eigenvalue weighted by Gasteiger charge is -2.48. The molecule has 0 saturated carbocycles. The highest BCUT2D eigenvalue weighted by Crippen LogP contribution is 2.45. The third-order valence-corrected chi connectivity index (χ3v) is 10.7. The molecule has 0 radical (unpaired) electrons. The molecule has 1 aliphatic carbocycles. The lowest BCUT2D eigenvalue weighted by Crippen LogP contribution is -2.63. The van der Waals surface area contributed by atoms with Gasteiger partial charge in [-0.2, -0.15) is 4.98 Å². The Hall–Kier alpha value is -3.59. The molecular formula is C34H37F2N5O2. The van der Waals surface area contributed by atoms with E-state index in [1.807, 2.05) is 23.1 Å². The van der Waals surface area contributed by atoms with Gasteiger partial charge in [-0.25, -0.2) is 13.8 Å². The number of alkyl halides is 1. The highest BCUT2D eigenvalue weighted by Gasteiger charge is 2.50. The van der Waals surface area contributed by atoms with E-state index < -0.39 is 6.17 Å². The normalized spacial score (nSPS) is 28.0. The Morgan fingerprint density at radius 1 is 1.14 bits per heavy atom. The highest BCUT2D eigenvalue weighted by atomic mass is 19.1. The maximum Gasteiger partial charge on any atom is 0.316 e. The number of carbonyl (C=O) groups is 1. The summed E-state index contributed by atoms with van der Waals surface area (Å²) in [5.74, 6) is -0.343. The lowest BCUT2D eigenvalue weighted by molar-refractivity contribution is -0.127. The number of nitrogens with zero attached hydrogens (tertiary/aromatic N) is 5. The minimum atomic E-state index is -0.833. The van der Waals surface area contributed by atoms with Crippen LogP contribution in [0, 0.1) is 5.82 Å². The molecule has 0 bridgehead atoms. The van der Waals surface area contributed by atoms with Crippen molar-refractivity contribution in [3.8, 4) is 17.1 Å². The zero-order valence-electron chi connectivity index (χ0n) is 24.4. The van der Waals surface area contributed by atoms with Crippen LogP contribution >= 0.6 is 0 Å². The molecule has 2 aromatic carbocycles. The van der Waals surface area contributed by atoms with E-state index in [-0.39, 0.29) is 35.4 Å². The van der Waals surface area contributed by atoms with E-state index in [9.17, 15) is 9.18 Å². The molecule has 5 heterocycles. The first kappa shape index (κ1) is 27.0. The molecule has 0 spiro atoms. The van der Waals surface area contributed by atoms with E-state index in [1.165, 1.54) is 17.2 Å².